The monoisotopic (exact) mass is 470 g/mol. The first-order valence-corrected chi connectivity index (χ1v) is 10.9. The number of thiazole rings is 1. The van der Waals surface area contributed by atoms with Crippen LogP contribution in [0.15, 0.2) is 47.9 Å². The van der Waals surface area contributed by atoms with Crippen LogP contribution in [0.5, 0.6) is 0 Å². The fourth-order valence-electron chi connectivity index (χ4n) is 2.88. The molecule has 4 aromatic heterocycles. The summed E-state index contributed by atoms with van der Waals surface area (Å²) in [5, 5.41) is 7.35. The number of H-pyrrole nitrogens is 2. The highest BCUT2D eigenvalue weighted by molar-refractivity contribution is 7.15. The van der Waals surface area contributed by atoms with Crippen LogP contribution in [0.4, 0.5) is 5.95 Å². The van der Waals surface area contributed by atoms with Crippen LogP contribution < -0.4 is 16.3 Å². The maximum Gasteiger partial charge on any atom is 0.323 e. The number of anilines is 1. The van der Waals surface area contributed by atoms with Crippen molar-refractivity contribution in [3.63, 3.8) is 0 Å². The standard InChI is InChI=1S/C20H19ClN8O2S/c1-11(5-15-14(21)3-2-4-22-15)28-19-25-6-12(7-26-19)18-24-9-13(32-18)8-23-17(30)16-10-27-20(31)29-16/h2-4,6-7,9-11H,5,8H2,1H3,(H,23,30)(H,25,26,28)(H2,27,29,31). The van der Waals surface area contributed by atoms with E-state index in [-0.39, 0.29) is 24.2 Å². The minimum atomic E-state index is -0.428. The molecule has 0 fully saturated rings. The first kappa shape index (κ1) is 21.7. The number of aromatic amines is 2. The number of nitrogens with one attached hydrogen (secondary N) is 4. The van der Waals surface area contributed by atoms with Crippen LogP contribution in [0, 0.1) is 0 Å². The maximum absolute atomic E-state index is 12.0. The fraction of sp³-hybridized carbons (Fsp3) is 0.200. The van der Waals surface area contributed by atoms with Crippen molar-refractivity contribution in [2.45, 2.75) is 25.9 Å². The van der Waals surface area contributed by atoms with E-state index in [0.717, 1.165) is 21.1 Å². The van der Waals surface area contributed by atoms with E-state index in [1.165, 1.54) is 17.5 Å². The summed E-state index contributed by atoms with van der Waals surface area (Å²) in [5.74, 6) is 0.121. The molecule has 1 atom stereocenters. The molecule has 0 saturated carbocycles. The molecule has 1 unspecified atom stereocenters. The van der Waals surface area contributed by atoms with Crippen LogP contribution >= 0.6 is 22.9 Å². The maximum atomic E-state index is 12.0. The van der Waals surface area contributed by atoms with Gasteiger partial charge in [-0.3, -0.25) is 9.78 Å². The van der Waals surface area contributed by atoms with Crippen LogP contribution in [0.1, 0.15) is 28.0 Å². The van der Waals surface area contributed by atoms with Crippen LogP contribution in [0.3, 0.4) is 0 Å². The number of amides is 1. The largest absolute Gasteiger partial charge is 0.351 e. The Morgan fingerprint density at radius 1 is 1.22 bits per heavy atom. The third-order valence-electron chi connectivity index (χ3n) is 4.43. The highest BCUT2D eigenvalue weighted by atomic mass is 35.5. The van der Waals surface area contributed by atoms with Gasteiger partial charge in [-0.2, -0.15) is 0 Å². The molecule has 4 N–H and O–H groups in total. The molecule has 0 aliphatic heterocycles. The predicted octanol–water partition coefficient (Wildman–Crippen LogP) is 2.64. The van der Waals surface area contributed by atoms with E-state index in [9.17, 15) is 9.59 Å². The molecule has 0 saturated heterocycles. The number of halogens is 1. The van der Waals surface area contributed by atoms with Gasteiger partial charge in [0.25, 0.3) is 5.91 Å². The summed E-state index contributed by atoms with van der Waals surface area (Å²) in [6.45, 7) is 2.30. The molecule has 4 aromatic rings. The van der Waals surface area contributed by atoms with Gasteiger partial charge in [-0.1, -0.05) is 11.6 Å². The molecule has 1 amide bonds. The Morgan fingerprint density at radius 2 is 2.03 bits per heavy atom. The number of rotatable bonds is 8. The third kappa shape index (κ3) is 5.37. The second-order valence-electron chi connectivity index (χ2n) is 6.95. The van der Waals surface area contributed by atoms with Gasteiger partial charge in [0.1, 0.15) is 10.7 Å². The van der Waals surface area contributed by atoms with Gasteiger partial charge >= 0.3 is 5.69 Å². The Hall–Kier alpha value is -3.57. The highest BCUT2D eigenvalue weighted by Crippen LogP contribution is 2.24. The lowest BCUT2D eigenvalue weighted by Crippen LogP contribution is -2.23. The van der Waals surface area contributed by atoms with Crippen molar-refractivity contribution in [3.05, 3.63) is 74.9 Å². The molecule has 164 valence electrons. The molecule has 4 heterocycles. The van der Waals surface area contributed by atoms with Crippen molar-refractivity contribution >= 4 is 34.8 Å². The first-order chi connectivity index (χ1) is 15.5. The number of carbonyl (C=O) groups is 1. The van der Waals surface area contributed by atoms with Gasteiger partial charge in [0.05, 0.1) is 17.3 Å². The predicted molar refractivity (Wildman–Crippen MR) is 122 cm³/mol. The quantitative estimate of drug-likeness (QED) is 0.310. The zero-order valence-electron chi connectivity index (χ0n) is 16.9. The zero-order chi connectivity index (χ0) is 22.5. The molecule has 0 aliphatic carbocycles. The van der Waals surface area contributed by atoms with E-state index in [4.69, 9.17) is 11.6 Å². The smallest absolute Gasteiger partial charge is 0.323 e. The number of nitrogens with zero attached hydrogens (tertiary/aromatic N) is 4. The first-order valence-electron chi connectivity index (χ1n) is 9.67. The van der Waals surface area contributed by atoms with Gasteiger partial charge in [0, 0.05) is 53.9 Å². The molecule has 32 heavy (non-hydrogen) atoms. The Balaban J connectivity index is 1.33. The second-order valence-corrected chi connectivity index (χ2v) is 8.47. The van der Waals surface area contributed by atoms with Gasteiger partial charge in [-0.25, -0.2) is 19.7 Å². The average Bonchev–Trinajstić information content (AvgIpc) is 3.43. The lowest BCUT2D eigenvalue weighted by atomic mass is 10.1. The van der Waals surface area contributed by atoms with Crippen molar-refractivity contribution in [3.8, 4) is 10.6 Å². The summed E-state index contributed by atoms with van der Waals surface area (Å²) in [7, 11) is 0. The van der Waals surface area contributed by atoms with Crippen molar-refractivity contribution in [2.24, 2.45) is 0 Å². The summed E-state index contributed by atoms with van der Waals surface area (Å²) in [6.07, 6.45) is 8.76. The van der Waals surface area contributed by atoms with Gasteiger partial charge in [-0.05, 0) is 19.1 Å². The summed E-state index contributed by atoms with van der Waals surface area (Å²) >= 11 is 7.59. The van der Waals surface area contributed by atoms with Crippen molar-refractivity contribution in [1.29, 1.82) is 0 Å². The number of pyridine rings is 1. The van der Waals surface area contributed by atoms with E-state index in [0.29, 0.717) is 17.4 Å². The number of carbonyl (C=O) groups excluding carboxylic acids is 1. The Labute approximate surface area is 191 Å². The second kappa shape index (κ2) is 9.71. The molecule has 10 nitrogen and oxygen atoms in total. The van der Waals surface area contributed by atoms with Crippen LogP contribution in [0.2, 0.25) is 5.02 Å². The molecule has 0 radical (unpaired) electrons. The summed E-state index contributed by atoms with van der Waals surface area (Å²) in [5.41, 5.74) is 1.34. The van der Waals surface area contributed by atoms with Gasteiger partial charge in [-0.15, -0.1) is 11.3 Å². The van der Waals surface area contributed by atoms with Crippen molar-refractivity contribution in [2.75, 3.05) is 5.32 Å². The third-order valence-corrected chi connectivity index (χ3v) is 5.82. The zero-order valence-corrected chi connectivity index (χ0v) is 18.5. The molecule has 0 aromatic carbocycles. The lowest BCUT2D eigenvalue weighted by molar-refractivity contribution is 0.0946. The van der Waals surface area contributed by atoms with Gasteiger partial charge in [0.2, 0.25) is 5.95 Å². The minimum Gasteiger partial charge on any atom is -0.351 e. The fourth-order valence-corrected chi connectivity index (χ4v) is 3.91. The average molecular weight is 471 g/mol. The molecule has 12 heteroatoms. The van der Waals surface area contributed by atoms with E-state index in [1.54, 1.807) is 30.9 Å². The van der Waals surface area contributed by atoms with E-state index in [1.807, 2.05) is 13.0 Å². The Kier molecular flexibility index (Phi) is 6.57. The Morgan fingerprint density at radius 3 is 2.75 bits per heavy atom. The summed E-state index contributed by atoms with van der Waals surface area (Å²) in [6, 6.07) is 3.66. The lowest BCUT2D eigenvalue weighted by Gasteiger charge is -2.14. The van der Waals surface area contributed by atoms with Gasteiger partial charge < -0.3 is 20.6 Å². The molecule has 0 aliphatic rings. The van der Waals surface area contributed by atoms with E-state index >= 15 is 0 Å². The Bertz CT molecular complexity index is 1270. The summed E-state index contributed by atoms with van der Waals surface area (Å²) < 4.78 is 0. The van der Waals surface area contributed by atoms with E-state index in [2.05, 4.69) is 40.5 Å². The van der Waals surface area contributed by atoms with Gasteiger partial charge in [0.15, 0.2) is 0 Å². The molecular weight excluding hydrogens is 452 g/mol. The minimum absolute atomic E-state index is 0.0401. The molecular formula is C20H19ClN8O2S. The van der Waals surface area contributed by atoms with Crippen molar-refractivity contribution < 1.29 is 4.79 Å². The van der Waals surface area contributed by atoms with E-state index < -0.39 is 5.69 Å². The number of hydrogen-bond donors (Lipinski definition) is 4. The SMILES string of the molecule is CC(Cc1ncccc1Cl)Nc1ncc(-c2ncc(CNC(=O)c3c[nH]c(=O)[nH]3)s2)cn1. The number of hydrogen-bond acceptors (Lipinski definition) is 8. The van der Waals surface area contributed by atoms with Crippen LogP contribution in [-0.2, 0) is 13.0 Å². The number of aromatic nitrogens is 6. The topological polar surface area (TPSA) is 141 Å². The molecule has 4 rings (SSSR count). The molecule has 0 bridgehead atoms. The van der Waals surface area contributed by atoms with Crippen molar-refractivity contribution in [1.82, 2.24) is 35.2 Å². The molecule has 0 spiro atoms. The normalized spacial score (nSPS) is 11.8. The van der Waals surface area contributed by atoms with Crippen LogP contribution in [-0.4, -0.2) is 41.9 Å². The number of imidazole rings is 1. The summed E-state index contributed by atoms with van der Waals surface area (Å²) in [4.78, 5) is 46.2. The highest BCUT2D eigenvalue weighted by Gasteiger charge is 2.12. The van der Waals surface area contributed by atoms with Crippen LogP contribution in [0.25, 0.3) is 10.6 Å².